The number of ether oxygens (including phenoxy) is 1. The molecule has 66 valence electrons. The molecule has 0 spiro atoms. The number of rotatable bonds is 2. The van der Waals surface area contributed by atoms with Gasteiger partial charge in [0.2, 0.25) is 0 Å². The molecule has 1 N–H and O–H groups in total. The van der Waals surface area contributed by atoms with Gasteiger partial charge in [0, 0.05) is 11.8 Å². The lowest BCUT2D eigenvalue weighted by molar-refractivity contribution is -0.177. The van der Waals surface area contributed by atoms with Crippen LogP contribution in [-0.4, -0.2) is 28.9 Å². The molecule has 0 atom stereocenters. The highest BCUT2D eigenvalue weighted by Crippen LogP contribution is 2.22. The van der Waals surface area contributed by atoms with Gasteiger partial charge in [-0.25, -0.2) is 4.98 Å². The number of aromatic nitrogens is 1. The molecule has 0 aromatic carbocycles. The van der Waals surface area contributed by atoms with Crippen LogP contribution in [0.3, 0.4) is 0 Å². The van der Waals surface area contributed by atoms with Crippen molar-refractivity contribution in [2.24, 2.45) is 0 Å². The van der Waals surface area contributed by atoms with Gasteiger partial charge >= 0.3 is 0 Å². The predicted octanol–water partition coefficient (Wildman–Crippen LogP) is 0.755. The first-order valence-electron chi connectivity index (χ1n) is 3.89. The fourth-order valence-electron chi connectivity index (χ4n) is 1.27. The number of aliphatic hydroxyl groups is 1. The Balaban J connectivity index is 2.03. The zero-order valence-electron chi connectivity index (χ0n) is 6.91. The van der Waals surface area contributed by atoms with E-state index >= 15 is 0 Å². The van der Waals surface area contributed by atoms with Crippen molar-refractivity contribution in [3.05, 3.63) is 16.1 Å². The molecule has 0 amide bonds. The highest BCUT2D eigenvalue weighted by atomic mass is 32.1. The first-order valence-corrected chi connectivity index (χ1v) is 4.77. The highest BCUT2D eigenvalue weighted by Gasteiger charge is 2.36. The van der Waals surface area contributed by atoms with E-state index in [0.29, 0.717) is 19.6 Å². The minimum Gasteiger partial charge on any atom is -0.385 e. The number of hydrogen-bond donors (Lipinski definition) is 1. The summed E-state index contributed by atoms with van der Waals surface area (Å²) in [6.45, 7) is 2.86. The van der Waals surface area contributed by atoms with Crippen molar-refractivity contribution < 1.29 is 9.84 Å². The van der Waals surface area contributed by atoms with Crippen LogP contribution in [0.25, 0.3) is 0 Å². The summed E-state index contributed by atoms with van der Waals surface area (Å²) in [6, 6.07) is 0. The summed E-state index contributed by atoms with van der Waals surface area (Å²) in [4.78, 5) is 4.28. The molecule has 0 radical (unpaired) electrons. The van der Waals surface area contributed by atoms with Crippen molar-refractivity contribution in [3.8, 4) is 0 Å². The van der Waals surface area contributed by atoms with Crippen LogP contribution in [0.2, 0.25) is 0 Å². The predicted molar refractivity (Wildman–Crippen MR) is 46.3 cm³/mol. The summed E-state index contributed by atoms with van der Waals surface area (Å²) >= 11 is 1.62. The van der Waals surface area contributed by atoms with E-state index in [0.717, 1.165) is 10.7 Å². The van der Waals surface area contributed by atoms with Gasteiger partial charge in [-0.05, 0) is 6.92 Å². The maximum absolute atomic E-state index is 9.71. The lowest BCUT2D eigenvalue weighted by Gasteiger charge is -2.35. The third-order valence-corrected chi connectivity index (χ3v) is 2.74. The van der Waals surface area contributed by atoms with E-state index in [-0.39, 0.29) is 0 Å². The molecule has 0 saturated carbocycles. The van der Waals surface area contributed by atoms with Crippen LogP contribution in [-0.2, 0) is 11.2 Å². The van der Waals surface area contributed by atoms with Crippen molar-refractivity contribution in [1.29, 1.82) is 0 Å². The molecule has 1 aromatic heterocycles. The number of thiazole rings is 1. The van der Waals surface area contributed by atoms with E-state index in [9.17, 15) is 5.11 Å². The van der Waals surface area contributed by atoms with Crippen LogP contribution >= 0.6 is 11.3 Å². The van der Waals surface area contributed by atoms with Gasteiger partial charge < -0.3 is 9.84 Å². The minimum atomic E-state index is -0.638. The largest absolute Gasteiger partial charge is 0.385 e. The van der Waals surface area contributed by atoms with Crippen molar-refractivity contribution in [1.82, 2.24) is 4.98 Å². The van der Waals surface area contributed by atoms with Gasteiger partial charge in [0.25, 0.3) is 0 Å². The Labute approximate surface area is 75.0 Å². The molecule has 2 rings (SSSR count). The SMILES string of the molecule is Cc1nc(CC2(O)COC2)cs1. The van der Waals surface area contributed by atoms with E-state index in [1.807, 2.05) is 12.3 Å². The summed E-state index contributed by atoms with van der Waals surface area (Å²) < 4.78 is 4.94. The second-order valence-corrected chi connectivity index (χ2v) is 4.31. The van der Waals surface area contributed by atoms with E-state index in [2.05, 4.69) is 4.98 Å². The van der Waals surface area contributed by atoms with Crippen molar-refractivity contribution in [2.75, 3.05) is 13.2 Å². The third kappa shape index (κ3) is 1.50. The summed E-state index contributed by atoms with van der Waals surface area (Å²) in [7, 11) is 0. The standard InChI is InChI=1S/C8H11NO2S/c1-6-9-7(3-12-6)2-8(10)4-11-5-8/h3,10H,2,4-5H2,1H3. The van der Waals surface area contributed by atoms with E-state index in [1.165, 1.54) is 0 Å². The van der Waals surface area contributed by atoms with Crippen LogP contribution in [0.4, 0.5) is 0 Å². The molecular weight excluding hydrogens is 174 g/mol. The second kappa shape index (κ2) is 2.80. The van der Waals surface area contributed by atoms with Crippen LogP contribution in [0.1, 0.15) is 10.7 Å². The topological polar surface area (TPSA) is 42.4 Å². The summed E-state index contributed by atoms with van der Waals surface area (Å²) in [5, 5.41) is 12.8. The first-order chi connectivity index (χ1) is 5.68. The monoisotopic (exact) mass is 185 g/mol. The Hall–Kier alpha value is -0.450. The summed E-state index contributed by atoms with van der Waals surface area (Å²) in [6.07, 6.45) is 0.622. The van der Waals surface area contributed by atoms with Crippen LogP contribution in [0, 0.1) is 6.92 Å². The van der Waals surface area contributed by atoms with E-state index in [1.54, 1.807) is 11.3 Å². The molecule has 1 aliphatic heterocycles. The molecule has 0 bridgehead atoms. The lowest BCUT2D eigenvalue weighted by Crippen LogP contribution is -2.51. The third-order valence-electron chi connectivity index (χ3n) is 1.92. The second-order valence-electron chi connectivity index (χ2n) is 3.25. The molecule has 4 heteroatoms. The number of hydrogen-bond acceptors (Lipinski definition) is 4. The summed E-state index contributed by atoms with van der Waals surface area (Å²) in [5.74, 6) is 0. The van der Waals surface area contributed by atoms with Crippen LogP contribution in [0.15, 0.2) is 5.38 Å². The fourth-order valence-corrected chi connectivity index (χ4v) is 1.88. The average molecular weight is 185 g/mol. The molecule has 1 saturated heterocycles. The Morgan fingerprint density at radius 2 is 2.50 bits per heavy atom. The zero-order valence-corrected chi connectivity index (χ0v) is 7.73. The van der Waals surface area contributed by atoms with Crippen LogP contribution in [0.5, 0.6) is 0 Å². The maximum atomic E-state index is 9.71. The smallest absolute Gasteiger partial charge is 0.117 e. The Bertz CT molecular complexity index is 280. The normalized spacial score (nSPS) is 20.5. The Morgan fingerprint density at radius 1 is 1.75 bits per heavy atom. The first kappa shape index (κ1) is 8.16. The van der Waals surface area contributed by atoms with E-state index in [4.69, 9.17) is 4.74 Å². The number of nitrogens with zero attached hydrogens (tertiary/aromatic N) is 1. The van der Waals surface area contributed by atoms with Gasteiger partial charge in [0.15, 0.2) is 0 Å². The van der Waals surface area contributed by atoms with Gasteiger partial charge in [-0.1, -0.05) is 0 Å². The summed E-state index contributed by atoms with van der Waals surface area (Å²) in [5.41, 5.74) is 0.337. The quantitative estimate of drug-likeness (QED) is 0.739. The van der Waals surface area contributed by atoms with Gasteiger partial charge in [0.05, 0.1) is 23.9 Å². The fraction of sp³-hybridized carbons (Fsp3) is 0.625. The molecule has 2 heterocycles. The molecule has 0 aliphatic carbocycles. The Kier molecular flexibility index (Phi) is 1.90. The van der Waals surface area contributed by atoms with Gasteiger partial charge in [-0.3, -0.25) is 0 Å². The molecule has 1 aliphatic rings. The van der Waals surface area contributed by atoms with Gasteiger partial charge in [-0.15, -0.1) is 11.3 Å². The number of aryl methyl sites for hydroxylation is 1. The van der Waals surface area contributed by atoms with Gasteiger partial charge in [-0.2, -0.15) is 0 Å². The zero-order chi connectivity index (χ0) is 8.60. The minimum absolute atomic E-state index is 0.448. The lowest BCUT2D eigenvalue weighted by atomic mass is 9.96. The van der Waals surface area contributed by atoms with E-state index < -0.39 is 5.60 Å². The van der Waals surface area contributed by atoms with Gasteiger partial charge in [0.1, 0.15) is 5.60 Å². The molecule has 3 nitrogen and oxygen atoms in total. The molecular formula is C8H11NO2S. The molecule has 0 unspecified atom stereocenters. The average Bonchev–Trinajstić information content (AvgIpc) is 2.32. The molecule has 1 fully saturated rings. The molecule has 1 aromatic rings. The molecule has 12 heavy (non-hydrogen) atoms. The van der Waals surface area contributed by atoms with Crippen molar-refractivity contribution in [3.63, 3.8) is 0 Å². The maximum Gasteiger partial charge on any atom is 0.117 e. The van der Waals surface area contributed by atoms with Crippen LogP contribution < -0.4 is 0 Å². The highest BCUT2D eigenvalue weighted by molar-refractivity contribution is 7.09. The Morgan fingerprint density at radius 3 is 2.92 bits per heavy atom. The van der Waals surface area contributed by atoms with Crippen molar-refractivity contribution >= 4 is 11.3 Å². The van der Waals surface area contributed by atoms with Crippen molar-refractivity contribution in [2.45, 2.75) is 18.9 Å².